The average Bonchev–Trinajstić information content (AvgIpc) is 2.30. The summed E-state index contributed by atoms with van der Waals surface area (Å²) in [5.74, 6) is 0. The van der Waals surface area contributed by atoms with Crippen LogP contribution in [0.3, 0.4) is 0 Å². The Morgan fingerprint density at radius 1 is 1.40 bits per heavy atom. The Hall–Kier alpha value is -0.0551. The molecule has 0 spiro atoms. The zero-order chi connectivity index (χ0) is 7.56. The van der Waals surface area contributed by atoms with Gasteiger partial charge in [0.2, 0.25) is 0 Å². The van der Waals surface area contributed by atoms with Gasteiger partial charge in [-0.2, -0.15) is 0 Å². The molecule has 1 rings (SSSR count). The standard InChI is InChI=1S/C6H11BO3/c1-8-4-3-5(7)10-6(4)9-2/h4-6H,3H2,1-2H3. The highest BCUT2D eigenvalue weighted by Crippen LogP contribution is 2.20. The molecular formula is C6H11BO3. The van der Waals surface area contributed by atoms with Crippen LogP contribution in [-0.2, 0) is 14.2 Å². The molecule has 2 radical (unpaired) electrons. The van der Waals surface area contributed by atoms with Crippen molar-refractivity contribution in [3.8, 4) is 0 Å². The maximum atomic E-state index is 5.48. The topological polar surface area (TPSA) is 27.7 Å². The summed E-state index contributed by atoms with van der Waals surface area (Å²) in [6.45, 7) is 0. The van der Waals surface area contributed by atoms with Gasteiger partial charge in [-0.25, -0.2) is 0 Å². The van der Waals surface area contributed by atoms with Crippen molar-refractivity contribution in [2.24, 2.45) is 0 Å². The average molecular weight is 142 g/mol. The minimum absolute atomic E-state index is 0.0139. The van der Waals surface area contributed by atoms with Crippen molar-refractivity contribution < 1.29 is 14.2 Å². The van der Waals surface area contributed by atoms with Crippen LogP contribution in [0.5, 0.6) is 0 Å². The Balaban J connectivity index is 2.41. The monoisotopic (exact) mass is 142 g/mol. The fourth-order valence-electron chi connectivity index (χ4n) is 1.07. The Bertz CT molecular complexity index is 97.2. The van der Waals surface area contributed by atoms with Crippen molar-refractivity contribution in [2.75, 3.05) is 14.2 Å². The van der Waals surface area contributed by atoms with Crippen LogP contribution >= 0.6 is 0 Å². The summed E-state index contributed by atoms with van der Waals surface area (Å²) in [6.07, 6.45) is 0.398. The number of hydrogen-bond donors (Lipinski definition) is 0. The molecule has 4 heteroatoms. The first-order valence-corrected chi connectivity index (χ1v) is 3.24. The quantitative estimate of drug-likeness (QED) is 0.503. The summed E-state index contributed by atoms with van der Waals surface area (Å²) < 4.78 is 15.2. The second-order valence-electron chi connectivity index (χ2n) is 2.29. The van der Waals surface area contributed by atoms with Gasteiger partial charge in [0.05, 0.1) is 0 Å². The first-order valence-electron chi connectivity index (χ1n) is 3.24. The van der Waals surface area contributed by atoms with Gasteiger partial charge < -0.3 is 14.2 Å². The molecule has 0 aromatic heterocycles. The second kappa shape index (κ2) is 3.37. The fourth-order valence-corrected chi connectivity index (χ4v) is 1.07. The highest BCUT2D eigenvalue weighted by atomic mass is 16.7. The lowest BCUT2D eigenvalue weighted by Gasteiger charge is -2.14. The van der Waals surface area contributed by atoms with Crippen LogP contribution in [0, 0.1) is 0 Å². The van der Waals surface area contributed by atoms with Crippen LogP contribution in [0.15, 0.2) is 0 Å². The molecule has 1 heterocycles. The smallest absolute Gasteiger partial charge is 0.182 e. The van der Waals surface area contributed by atoms with Gasteiger partial charge in [0, 0.05) is 20.2 Å². The van der Waals surface area contributed by atoms with Crippen molar-refractivity contribution in [3.05, 3.63) is 0 Å². The Kier molecular flexibility index (Phi) is 2.71. The minimum Gasteiger partial charge on any atom is -0.376 e. The van der Waals surface area contributed by atoms with Gasteiger partial charge >= 0.3 is 0 Å². The molecule has 0 saturated carbocycles. The van der Waals surface area contributed by atoms with E-state index in [2.05, 4.69) is 0 Å². The molecule has 0 amide bonds. The maximum Gasteiger partial charge on any atom is 0.182 e. The SMILES string of the molecule is [B]C1CC(OC)C(OC)O1. The van der Waals surface area contributed by atoms with Gasteiger partial charge in [0.25, 0.3) is 0 Å². The van der Waals surface area contributed by atoms with Crippen LogP contribution in [0.2, 0.25) is 0 Å². The third-order valence-corrected chi connectivity index (χ3v) is 1.61. The summed E-state index contributed by atoms with van der Waals surface area (Å²) in [5, 5.41) is 0. The molecule has 3 atom stereocenters. The lowest BCUT2D eigenvalue weighted by molar-refractivity contribution is -0.145. The number of rotatable bonds is 2. The largest absolute Gasteiger partial charge is 0.376 e. The van der Waals surface area contributed by atoms with Crippen molar-refractivity contribution in [1.29, 1.82) is 0 Å². The number of methoxy groups -OCH3 is 2. The van der Waals surface area contributed by atoms with E-state index >= 15 is 0 Å². The highest BCUT2D eigenvalue weighted by molar-refractivity contribution is 6.11. The molecule has 1 aliphatic rings. The Morgan fingerprint density at radius 3 is 2.50 bits per heavy atom. The van der Waals surface area contributed by atoms with Gasteiger partial charge in [0.15, 0.2) is 6.29 Å². The Morgan fingerprint density at radius 2 is 2.10 bits per heavy atom. The predicted octanol–water partition coefficient (Wildman–Crippen LogP) is -0.111. The molecule has 3 nitrogen and oxygen atoms in total. The Labute approximate surface area is 62.1 Å². The lowest BCUT2D eigenvalue weighted by atomic mass is 9.97. The number of hydrogen-bond acceptors (Lipinski definition) is 3. The molecule has 0 N–H and O–H groups in total. The first kappa shape index (κ1) is 8.05. The van der Waals surface area contributed by atoms with Gasteiger partial charge in [0.1, 0.15) is 14.0 Å². The predicted molar refractivity (Wildman–Crippen MR) is 36.8 cm³/mol. The second-order valence-corrected chi connectivity index (χ2v) is 2.29. The fraction of sp³-hybridized carbons (Fsp3) is 1.00. The van der Waals surface area contributed by atoms with E-state index in [1.807, 2.05) is 0 Å². The molecule has 56 valence electrons. The van der Waals surface area contributed by atoms with E-state index in [-0.39, 0.29) is 18.4 Å². The van der Waals surface area contributed by atoms with Crippen LogP contribution in [0.4, 0.5) is 0 Å². The molecule has 0 bridgehead atoms. The summed E-state index contributed by atoms with van der Waals surface area (Å²) in [5.41, 5.74) is 0. The van der Waals surface area contributed by atoms with E-state index in [0.29, 0.717) is 6.42 Å². The zero-order valence-electron chi connectivity index (χ0n) is 6.24. The summed E-state index contributed by atoms with van der Waals surface area (Å²) >= 11 is 0. The molecular weight excluding hydrogens is 131 g/mol. The van der Waals surface area contributed by atoms with Crippen molar-refractivity contribution in [1.82, 2.24) is 0 Å². The third kappa shape index (κ3) is 1.51. The van der Waals surface area contributed by atoms with E-state index in [4.69, 9.17) is 22.1 Å². The van der Waals surface area contributed by atoms with E-state index in [1.54, 1.807) is 14.2 Å². The van der Waals surface area contributed by atoms with Crippen molar-refractivity contribution in [2.45, 2.75) is 24.8 Å². The van der Waals surface area contributed by atoms with Crippen LogP contribution < -0.4 is 0 Å². The van der Waals surface area contributed by atoms with E-state index in [1.165, 1.54) is 0 Å². The molecule has 1 saturated heterocycles. The van der Waals surface area contributed by atoms with Gasteiger partial charge in [-0.15, -0.1) is 0 Å². The van der Waals surface area contributed by atoms with Crippen LogP contribution in [0.1, 0.15) is 6.42 Å². The molecule has 0 aliphatic carbocycles. The normalized spacial score (nSPS) is 40.4. The van der Waals surface area contributed by atoms with Crippen LogP contribution in [0.25, 0.3) is 0 Å². The van der Waals surface area contributed by atoms with Crippen LogP contribution in [-0.4, -0.2) is 40.5 Å². The van der Waals surface area contributed by atoms with E-state index < -0.39 is 0 Å². The van der Waals surface area contributed by atoms with Gasteiger partial charge in [-0.05, 0) is 6.42 Å². The molecule has 0 aromatic rings. The first-order chi connectivity index (χ1) is 4.77. The van der Waals surface area contributed by atoms with Crippen molar-refractivity contribution in [3.63, 3.8) is 0 Å². The highest BCUT2D eigenvalue weighted by Gasteiger charge is 2.32. The maximum absolute atomic E-state index is 5.48. The number of ether oxygens (including phenoxy) is 3. The minimum atomic E-state index is -0.292. The lowest BCUT2D eigenvalue weighted by Crippen LogP contribution is -2.24. The summed E-state index contributed by atoms with van der Waals surface area (Å²) in [7, 11) is 8.69. The summed E-state index contributed by atoms with van der Waals surface area (Å²) in [4.78, 5) is 0. The summed E-state index contributed by atoms with van der Waals surface area (Å²) in [6, 6.07) is -0.241. The molecule has 10 heavy (non-hydrogen) atoms. The van der Waals surface area contributed by atoms with E-state index in [9.17, 15) is 0 Å². The molecule has 1 aliphatic heterocycles. The third-order valence-electron chi connectivity index (χ3n) is 1.61. The van der Waals surface area contributed by atoms with Crippen molar-refractivity contribution >= 4 is 7.85 Å². The van der Waals surface area contributed by atoms with E-state index in [0.717, 1.165) is 0 Å². The van der Waals surface area contributed by atoms with Gasteiger partial charge in [-0.1, -0.05) is 0 Å². The molecule has 1 fully saturated rings. The molecule has 0 aromatic carbocycles. The van der Waals surface area contributed by atoms with Gasteiger partial charge in [-0.3, -0.25) is 0 Å². The molecule has 3 unspecified atom stereocenters. The zero-order valence-corrected chi connectivity index (χ0v) is 6.24.